The lowest BCUT2D eigenvalue weighted by molar-refractivity contribution is 0.267. The average molecular weight is 219 g/mol. The van der Waals surface area contributed by atoms with Crippen molar-refractivity contribution in [1.29, 1.82) is 0 Å². The molecule has 2 heteroatoms. The third-order valence-electron chi connectivity index (χ3n) is 4.28. The van der Waals surface area contributed by atoms with Gasteiger partial charge in [0.2, 0.25) is 0 Å². The molecule has 2 aliphatic rings. The van der Waals surface area contributed by atoms with E-state index in [4.69, 9.17) is 5.73 Å². The lowest BCUT2D eigenvalue weighted by Crippen LogP contribution is -2.30. The molecule has 2 fully saturated rings. The summed E-state index contributed by atoms with van der Waals surface area (Å²) in [4.78, 5) is 0. The minimum Gasteiger partial charge on any atom is -0.325 e. The van der Waals surface area contributed by atoms with E-state index in [1.807, 2.05) is 12.1 Å². The van der Waals surface area contributed by atoms with Crippen LogP contribution >= 0.6 is 0 Å². The SMILES string of the molecule is NC1(CC2CCC2)CC1c1ccc(F)cc1. The fraction of sp³-hybridized carbons (Fsp3) is 0.571. The van der Waals surface area contributed by atoms with E-state index >= 15 is 0 Å². The van der Waals surface area contributed by atoms with Crippen molar-refractivity contribution in [3.8, 4) is 0 Å². The lowest BCUT2D eigenvalue weighted by atomic mass is 9.79. The van der Waals surface area contributed by atoms with Crippen LogP contribution in [0.3, 0.4) is 0 Å². The van der Waals surface area contributed by atoms with Gasteiger partial charge in [-0.05, 0) is 36.5 Å². The van der Waals surface area contributed by atoms with Crippen LogP contribution in [0.25, 0.3) is 0 Å². The number of rotatable bonds is 3. The predicted molar refractivity (Wildman–Crippen MR) is 62.6 cm³/mol. The highest BCUT2D eigenvalue weighted by Gasteiger charge is 2.52. The van der Waals surface area contributed by atoms with E-state index in [-0.39, 0.29) is 11.4 Å². The molecule has 3 rings (SSSR count). The smallest absolute Gasteiger partial charge is 0.123 e. The third-order valence-corrected chi connectivity index (χ3v) is 4.28. The van der Waals surface area contributed by atoms with Crippen LogP contribution in [0.2, 0.25) is 0 Å². The summed E-state index contributed by atoms with van der Waals surface area (Å²) in [5, 5.41) is 0. The fourth-order valence-corrected chi connectivity index (χ4v) is 2.93. The van der Waals surface area contributed by atoms with Crippen molar-refractivity contribution < 1.29 is 4.39 Å². The second-order valence-electron chi connectivity index (χ2n) is 5.54. The van der Waals surface area contributed by atoms with Gasteiger partial charge < -0.3 is 5.73 Å². The average Bonchev–Trinajstić information content (AvgIpc) is 2.87. The summed E-state index contributed by atoms with van der Waals surface area (Å²) >= 11 is 0. The van der Waals surface area contributed by atoms with Gasteiger partial charge in [0.05, 0.1) is 0 Å². The summed E-state index contributed by atoms with van der Waals surface area (Å²) < 4.78 is 12.8. The Morgan fingerprint density at radius 2 is 1.94 bits per heavy atom. The van der Waals surface area contributed by atoms with Crippen molar-refractivity contribution in [3.63, 3.8) is 0 Å². The Balaban J connectivity index is 1.67. The topological polar surface area (TPSA) is 26.0 Å². The summed E-state index contributed by atoms with van der Waals surface area (Å²) in [5.74, 6) is 1.16. The molecule has 1 nitrogen and oxygen atoms in total. The molecule has 2 atom stereocenters. The Bertz CT molecular complexity index is 382. The molecule has 2 N–H and O–H groups in total. The second-order valence-corrected chi connectivity index (χ2v) is 5.54. The highest BCUT2D eigenvalue weighted by Crippen LogP contribution is 2.54. The van der Waals surface area contributed by atoms with E-state index < -0.39 is 0 Å². The Kier molecular flexibility index (Phi) is 2.28. The number of hydrogen-bond donors (Lipinski definition) is 1. The molecule has 0 heterocycles. The van der Waals surface area contributed by atoms with Crippen molar-refractivity contribution in [2.24, 2.45) is 11.7 Å². The number of nitrogens with two attached hydrogens (primary N) is 1. The maximum absolute atomic E-state index is 12.8. The first-order valence-electron chi connectivity index (χ1n) is 6.22. The summed E-state index contributed by atoms with van der Waals surface area (Å²) in [6, 6.07) is 6.85. The molecule has 0 aromatic heterocycles. The van der Waals surface area contributed by atoms with Crippen molar-refractivity contribution in [3.05, 3.63) is 35.6 Å². The van der Waals surface area contributed by atoms with Crippen molar-refractivity contribution in [2.75, 3.05) is 0 Å². The molecule has 2 unspecified atom stereocenters. The summed E-state index contributed by atoms with van der Waals surface area (Å²) in [6.45, 7) is 0. The summed E-state index contributed by atoms with van der Waals surface area (Å²) in [7, 11) is 0. The molecular weight excluding hydrogens is 201 g/mol. The van der Waals surface area contributed by atoms with Crippen molar-refractivity contribution >= 4 is 0 Å². The molecule has 2 aliphatic carbocycles. The number of hydrogen-bond acceptors (Lipinski definition) is 1. The zero-order chi connectivity index (χ0) is 11.2. The maximum atomic E-state index is 12.8. The highest BCUT2D eigenvalue weighted by molar-refractivity contribution is 5.33. The molecule has 0 radical (unpaired) electrons. The van der Waals surface area contributed by atoms with Crippen LogP contribution in [0.5, 0.6) is 0 Å². The molecule has 1 aromatic carbocycles. The van der Waals surface area contributed by atoms with Crippen molar-refractivity contribution in [1.82, 2.24) is 0 Å². The first-order valence-corrected chi connectivity index (χ1v) is 6.22. The fourth-order valence-electron chi connectivity index (χ4n) is 2.93. The van der Waals surface area contributed by atoms with Crippen LogP contribution in [0.1, 0.15) is 43.6 Å². The van der Waals surface area contributed by atoms with Gasteiger partial charge in [-0.1, -0.05) is 31.4 Å². The van der Waals surface area contributed by atoms with Crippen LogP contribution in [-0.4, -0.2) is 5.54 Å². The van der Waals surface area contributed by atoms with E-state index in [1.165, 1.54) is 37.0 Å². The molecule has 16 heavy (non-hydrogen) atoms. The summed E-state index contributed by atoms with van der Waals surface area (Å²) in [6.07, 6.45) is 6.33. The monoisotopic (exact) mass is 219 g/mol. The van der Waals surface area contributed by atoms with Gasteiger partial charge in [0, 0.05) is 11.5 Å². The van der Waals surface area contributed by atoms with Crippen molar-refractivity contribution in [2.45, 2.75) is 43.6 Å². The van der Waals surface area contributed by atoms with Crippen LogP contribution in [0.15, 0.2) is 24.3 Å². The first kappa shape index (κ1) is 10.3. The predicted octanol–water partition coefficient (Wildman–Crippen LogP) is 3.20. The minimum absolute atomic E-state index is 0.0168. The molecule has 1 aromatic rings. The van der Waals surface area contributed by atoms with Crippen LogP contribution in [0.4, 0.5) is 4.39 Å². The van der Waals surface area contributed by atoms with Gasteiger partial charge in [-0.2, -0.15) is 0 Å². The Labute approximate surface area is 95.8 Å². The zero-order valence-electron chi connectivity index (χ0n) is 9.45. The first-order chi connectivity index (χ1) is 7.67. The minimum atomic E-state index is -0.161. The van der Waals surface area contributed by atoms with Gasteiger partial charge in [-0.3, -0.25) is 0 Å². The quantitative estimate of drug-likeness (QED) is 0.830. The maximum Gasteiger partial charge on any atom is 0.123 e. The Morgan fingerprint density at radius 1 is 1.25 bits per heavy atom. The van der Waals surface area contributed by atoms with E-state index in [9.17, 15) is 4.39 Å². The molecule has 86 valence electrons. The normalized spacial score (nSPS) is 33.5. The van der Waals surface area contributed by atoms with Gasteiger partial charge in [0.25, 0.3) is 0 Å². The van der Waals surface area contributed by atoms with E-state index in [2.05, 4.69) is 0 Å². The van der Waals surface area contributed by atoms with Gasteiger partial charge in [0.1, 0.15) is 5.82 Å². The van der Waals surface area contributed by atoms with Crippen LogP contribution in [0, 0.1) is 11.7 Å². The van der Waals surface area contributed by atoms with Crippen LogP contribution in [-0.2, 0) is 0 Å². The van der Waals surface area contributed by atoms with E-state index in [1.54, 1.807) is 0 Å². The standard InChI is InChI=1S/C14H18FN/c15-12-6-4-11(5-7-12)13-9-14(13,16)8-10-2-1-3-10/h4-7,10,13H,1-3,8-9,16H2. The van der Waals surface area contributed by atoms with Gasteiger partial charge in [-0.15, -0.1) is 0 Å². The lowest BCUT2D eigenvalue weighted by Gasteiger charge is -2.28. The third kappa shape index (κ3) is 1.75. The van der Waals surface area contributed by atoms with Gasteiger partial charge >= 0.3 is 0 Å². The zero-order valence-corrected chi connectivity index (χ0v) is 9.45. The van der Waals surface area contributed by atoms with Gasteiger partial charge in [-0.25, -0.2) is 4.39 Å². The molecule has 0 saturated heterocycles. The number of halogens is 1. The molecule has 0 amide bonds. The Hall–Kier alpha value is -0.890. The molecule has 0 aliphatic heterocycles. The summed E-state index contributed by atoms with van der Waals surface area (Å²) in [5.41, 5.74) is 7.61. The molecule has 0 bridgehead atoms. The molecular formula is C14H18FN. The van der Waals surface area contributed by atoms with Gasteiger partial charge in [0.15, 0.2) is 0 Å². The van der Waals surface area contributed by atoms with E-state index in [0.29, 0.717) is 5.92 Å². The molecule has 2 saturated carbocycles. The number of benzene rings is 1. The Morgan fingerprint density at radius 3 is 2.50 bits per heavy atom. The molecule has 0 spiro atoms. The largest absolute Gasteiger partial charge is 0.325 e. The van der Waals surface area contributed by atoms with Crippen LogP contribution < -0.4 is 5.73 Å². The highest BCUT2D eigenvalue weighted by atomic mass is 19.1. The van der Waals surface area contributed by atoms with E-state index in [0.717, 1.165) is 18.8 Å². The second kappa shape index (κ2) is 3.56.